The molecule has 12 heavy (non-hydrogen) atoms. The van der Waals surface area contributed by atoms with Crippen molar-refractivity contribution in [3.8, 4) is 0 Å². The summed E-state index contributed by atoms with van der Waals surface area (Å²) in [5.74, 6) is -2.46. The summed E-state index contributed by atoms with van der Waals surface area (Å²) in [4.78, 5) is 35.9. The van der Waals surface area contributed by atoms with Crippen LogP contribution in [0.3, 0.4) is 0 Å². The third-order valence-electron chi connectivity index (χ3n) is 1.31. The van der Waals surface area contributed by atoms with E-state index in [1.54, 1.807) is 0 Å². The molecule has 5 nitrogen and oxygen atoms in total. The molecule has 0 aromatic rings. The molecular formula is C6H6FNO4. The van der Waals surface area contributed by atoms with Gasteiger partial charge in [-0.05, 0) is 0 Å². The molecule has 0 N–H and O–H groups in total. The van der Waals surface area contributed by atoms with E-state index >= 15 is 0 Å². The second-order valence-corrected chi connectivity index (χ2v) is 2.18. The zero-order valence-corrected chi connectivity index (χ0v) is 6.08. The van der Waals surface area contributed by atoms with E-state index in [0.717, 1.165) is 0 Å². The van der Waals surface area contributed by atoms with Gasteiger partial charge >= 0.3 is 5.97 Å². The molecule has 0 radical (unpaired) electrons. The van der Waals surface area contributed by atoms with E-state index in [2.05, 4.69) is 4.84 Å². The highest BCUT2D eigenvalue weighted by Gasteiger charge is 2.32. The lowest BCUT2D eigenvalue weighted by molar-refractivity contribution is -0.197. The van der Waals surface area contributed by atoms with Crippen LogP contribution in [0.15, 0.2) is 0 Å². The Bertz CT molecular complexity index is 224. The summed E-state index contributed by atoms with van der Waals surface area (Å²) in [5.41, 5.74) is 0. The number of rotatable bonds is 2. The topological polar surface area (TPSA) is 63.7 Å². The number of hydrogen-bond donors (Lipinski definition) is 0. The lowest BCUT2D eigenvalue weighted by Crippen LogP contribution is -2.32. The molecule has 66 valence electrons. The fourth-order valence-corrected chi connectivity index (χ4v) is 0.784. The van der Waals surface area contributed by atoms with Crippen molar-refractivity contribution in [3.63, 3.8) is 0 Å². The van der Waals surface area contributed by atoms with E-state index in [1.807, 2.05) is 0 Å². The van der Waals surface area contributed by atoms with Crippen LogP contribution >= 0.6 is 0 Å². The van der Waals surface area contributed by atoms with E-state index in [9.17, 15) is 18.8 Å². The first-order valence-electron chi connectivity index (χ1n) is 3.27. The third-order valence-corrected chi connectivity index (χ3v) is 1.31. The van der Waals surface area contributed by atoms with Crippen molar-refractivity contribution >= 4 is 17.8 Å². The van der Waals surface area contributed by atoms with Crippen molar-refractivity contribution in [2.24, 2.45) is 0 Å². The Balaban J connectivity index is 2.56. The van der Waals surface area contributed by atoms with Gasteiger partial charge in [0.05, 0.1) is 0 Å². The minimum absolute atomic E-state index is 0.0123. The van der Waals surface area contributed by atoms with Gasteiger partial charge in [-0.1, -0.05) is 0 Å². The highest BCUT2D eigenvalue weighted by atomic mass is 19.1. The molecule has 0 aromatic heterocycles. The molecule has 0 aromatic carbocycles. The molecule has 1 aliphatic heterocycles. The van der Waals surface area contributed by atoms with Crippen molar-refractivity contribution < 1.29 is 23.6 Å². The van der Waals surface area contributed by atoms with Gasteiger partial charge < -0.3 is 4.84 Å². The van der Waals surface area contributed by atoms with Crippen LogP contribution in [0.4, 0.5) is 4.39 Å². The minimum Gasteiger partial charge on any atom is -0.327 e. The number of hydrogen-bond acceptors (Lipinski definition) is 4. The molecule has 0 atom stereocenters. The highest BCUT2D eigenvalue weighted by Crippen LogP contribution is 2.11. The van der Waals surface area contributed by atoms with E-state index < -0.39 is 24.5 Å². The van der Waals surface area contributed by atoms with Crippen LogP contribution in [-0.4, -0.2) is 29.5 Å². The quantitative estimate of drug-likeness (QED) is 0.534. The van der Waals surface area contributed by atoms with Gasteiger partial charge in [-0.25, -0.2) is 9.18 Å². The maximum atomic E-state index is 11.6. The summed E-state index contributed by atoms with van der Waals surface area (Å²) >= 11 is 0. The molecule has 0 bridgehead atoms. The summed E-state index contributed by atoms with van der Waals surface area (Å²) in [6, 6.07) is 0. The van der Waals surface area contributed by atoms with Crippen LogP contribution in [0.25, 0.3) is 0 Å². The summed E-state index contributed by atoms with van der Waals surface area (Å²) < 4.78 is 11.6. The van der Waals surface area contributed by atoms with E-state index in [1.165, 1.54) is 0 Å². The second kappa shape index (κ2) is 3.29. The van der Waals surface area contributed by atoms with Crippen molar-refractivity contribution in [2.45, 2.75) is 12.8 Å². The van der Waals surface area contributed by atoms with Gasteiger partial charge in [-0.15, -0.1) is 5.06 Å². The lowest BCUT2D eigenvalue weighted by Gasteiger charge is -2.10. The zero-order valence-electron chi connectivity index (χ0n) is 6.08. The maximum Gasteiger partial charge on any atom is 0.363 e. The van der Waals surface area contributed by atoms with E-state index in [0.29, 0.717) is 5.06 Å². The Morgan fingerprint density at radius 3 is 2.33 bits per heavy atom. The van der Waals surface area contributed by atoms with Gasteiger partial charge in [-0.3, -0.25) is 9.59 Å². The summed E-state index contributed by atoms with van der Waals surface area (Å²) in [6.45, 7) is -1.35. The smallest absolute Gasteiger partial charge is 0.327 e. The van der Waals surface area contributed by atoms with Crippen molar-refractivity contribution in [2.75, 3.05) is 6.67 Å². The molecule has 0 spiro atoms. The first kappa shape index (κ1) is 8.63. The normalized spacial score (nSPS) is 16.9. The Kier molecular flexibility index (Phi) is 2.37. The standard InChI is InChI=1S/C6H6FNO4/c7-3-6(11)12-8-4(9)1-2-5(8)10/h1-3H2. The predicted molar refractivity (Wildman–Crippen MR) is 33.2 cm³/mol. The van der Waals surface area contributed by atoms with Crippen molar-refractivity contribution in [3.05, 3.63) is 0 Å². The van der Waals surface area contributed by atoms with Gasteiger partial charge in [-0.2, -0.15) is 0 Å². The van der Waals surface area contributed by atoms with Crippen LogP contribution in [0, 0.1) is 0 Å². The number of amides is 2. The average Bonchev–Trinajstić information content (AvgIpc) is 2.35. The van der Waals surface area contributed by atoms with Gasteiger partial charge in [0, 0.05) is 12.8 Å². The maximum absolute atomic E-state index is 11.6. The average molecular weight is 175 g/mol. The third kappa shape index (κ3) is 1.58. The van der Waals surface area contributed by atoms with Crippen LogP contribution in [0.5, 0.6) is 0 Å². The highest BCUT2D eigenvalue weighted by molar-refractivity contribution is 6.01. The predicted octanol–water partition coefficient (Wildman–Crippen LogP) is -0.437. The number of carbonyl (C=O) groups is 3. The van der Waals surface area contributed by atoms with Crippen LogP contribution in [-0.2, 0) is 19.2 Å². The summed E-state index contributed by atoms with van der Waals surface area (Å²) in [6.07, 6.45) is 0.0246. The second-order valence-electron chi connectivity index (χ2n) is 2.18. The number of carbonyl (C=O) groups excluding carboxylic acids is 3. The van der Waals surface area contributed by atoms with Crippen molar-refractivity contribution in [1.29, 1.82) is 0 Å². The monoisotopic (exact) mass is 175 g/mol. The Hall–Kier alpha value is -1.46. The van der Waals surface area contributed by atoms with E-state index in [-0.39, 0.29) is 12.8 Å². The first-order valence-corrected chi connectivity index (χ1v) is 3.27. The molecule has 2 amide bonds. The number of hydroxylamine groups is 2. The number of halogens is 1. The lowest BCUT2D eigenvalue weighted by atomic mass is 10.4. The number of nitrogens with zero attached hydrogens (tertiary/aromatic N) is 1. The Morgan fingerprint density at radius 2 is 1.92 bits per heavy atom. The largest absolute Gasteiger partial charge is 0.363 e. The fourth-order valence-electron chi connectivity index (χ4n) is 0.784. The molecule has 0 unspecified atom stereocenters. The minimum atomic E-state index is -1.35. The molecule has 1 aliphatic rings. The molecule has 0 saturated carbocycles. The van der Waals surface area contributed by atoms with E-state index in [4.69, 9.17) is 0 Å². The molecule has 1 fully saturated rings. The SMILES string of the molecule is O=C(CF)ON1C(=O)CCC1=O. The Labute approximate surface area is 67.0 Å². The summed E-state index contributed by atoms with van der Waals surface area (Å²) in [5, 5.41) is 0.307. The van der Waals surface area contributed by atoms with Crippen LogP contribution < -0.4 is 0 Å². The molecule has 1 rings (SSSR count). The van der Waals surface area contributed by atoms with Crippen LogP contribution in [0.1, 0.15) is 12.8 Å². The molecule has 0 aliphatic carbocycles. The Morgan fingerprint density at radius 1 is 1.42 bits per heavy atom. The van der Waals surface area contributed by atoms with Gasteiger partial charge in [0.1, 0.15) is 0 Å². The number of alkyl halides is 1. The summed E-state index contributed by atoms with van der Waals surface area (Å²) in [7, 11) is 0. The van der Waals surface area contributed by atoms with Gasteiger partial charge in [0.25, 0.3) is 11.8 Å². The fraction of sp³-hybridized carbons (Fsp3) is 0.500. The van der Waals surface area contributed by atoms with Crippen molar-refractivity contribution in [1.82, 2.24) is 5.06 Å². The zero-order chi connectivity index (χ0) is 9.14. The van der Waals surface area contributed by atoms with Gasteiger partial charge in [0.15, 0.2) is 6.67 Å². The molecule has 1 heterocycles. The van der Waals surface area contributed by atoms with Crippen LogP contribution in [0.2, 0.25) is 0 Å². The molecule has 6 heteroatoms. The van der Waals surface area contributed by atoms with Gasteiger partial charge in [0.2, 0.25) is 0 Å². The molecular weight excluding hydrogens is 169 g/mol. The first-order chi connectivity index (χ1) is 5.65. The number of imide groups is 1. The molecule has 1 saturated heterocycles.